The van der Waals surface area contributed by atoms with Gasteiger partial charge in [0.05, 0.1) is 12.1 Å². The van der Waals surface area contributed by atoms with Crippen molar-refractivity contribution in [1.29, 1.82) is 0 Å². The zero-order valence-corrected chi connectivity index (χ0v) is 17.2. The molecule has 2 atom stereocenters. The van der Waals surface area contributed by atoms with Gasteiger partial charge in [-0.25, -0.2) is 13.6 Å². The molecule has 0 heterocycles. The third kappa shape index (κ3) is 4.83. The van der Waals surface area contributed by atoms with E-state index in [9.17, 15) is 13.6 Å². The van der Waals surface area contributed by atoms with E-state index in [0.717, 1.165) is 11.1 Å². The Morgan fingerprint density at radius 1 is 0.531 bits per heavy atom. The molecule has 5 heteroatoms. The lowest BCUT2D eigenvalue weighted by molar-refractivity contribution is 0.236. The fourth-order valence-corrected chi connectivity index (χ4v) is 3.69. The highest BCUT2D eigenvalue weighted by molar-refractivity contribution is 5.76. The average molecular weight is 428 g/mol. The first-order valence-electron chi connectivity index (χ1n) is 10.3. The number of amides is 2. The highest BCUT2D eigenvalue weighted by Crippen LogP contribution is 2.27. The van der Waals surface area contributed by atoms with Crippen molar-refractivity contribution in [2.45, 2.75) is 12.1 Å². The molecule has 0 aliphatic rings. The minimum atomic E-state index is -0.713. The van der Waals surface area contributed by atoms with Gasteiger partial charge in [0, 0.05) is 11.1 Å². The number of rotatable bonds is 6. The molecule has 160 valence electrons. The highest BCUT2D eigenvalue weighted by atomic mass is 19.1. The Morgan fingerprint density at radius 3 is 1.25 bits per heavy atom. The van der Waals surface area contributed by atoms with Gasteiger partial charge in [-0.2, -0.15) is 0 Å². The molecule has 0 saturated heterocycles. The maximum atomic E-state index is 14.6. The Morgan fingerprint density at radius 2 is 0.875 bits per heavy atom. The second-order valence-corrected chi connectivity index (χ2v) is 7.35. The van der Waals surface area contributed by atoms with Crippen LogP contribution in [0.3, 0.4) is 0 Å². The summed E-state index contributed by atoms with van der Waals surface area (Å²) in [5.41, 5.74) is 2.15. The van der Waals surface area contributed by atoms with Crippen LogP contribution in [0.5, 0.6) is 0 Å². The van der Waals surface area contributed by atoms with Gasteiger partial charge in [-0.3, -0.25) is 0 Å². The smallest absolute Gasteiger partial charge is 0.316 e. The van der Waals surface area contributed by atoms with E-state index >= 15 is 0 Å². The Balaban J connectivity index is 1.65. The summed E-state index contributed by atoms with van der Waals surface area (Å²) >= 11 is 0. The van der Waals surface area contributed by atoms with Gasteiger partial charge in [-0.15, -0.1) is 0 Å². The zero-order valence-electron chi connectivity index (χ0n) is 17.2. The standard InChI is InChI=1S/C27H22F2N2O/c28-23-17-9-7-15-21(23)25(19-11-3-1-4-12-19)30-27(32)31-26(20-13-5-2-6-14-20)22-16-8-10-18-24(22)29/h1-18,25-26H,(H2,30,31,32)/t25-,26+. The number of halogens is 2. The number of hydrogen-bond donors (Lipinski definition) is 2. The van der Waals surface area contributed by atoms with Crippen molar-refractivity contribution in [2.24, 2.45) is 0 Å². The van der Waals surface area contributed by atoms with Crippen LogP contribution in [0, 0.1) is 11.6 Å². The average Bonchev–Trinajstić information content (AvgIpc) is 2.83. The van der Waals surface area contributed by atoms with Gasteiger partial charge >= 0.3 is 6.03 Å². The number of benzene rings is 4. The molecule has 0 spiro atoms. The highest BCUT2D eigenvalue weighted by Gasteiger charge is 2.24. The monoisotopic (exact) mass is 428 g/mol. The molecule has 0 aromatic heterocycles. The van der Waals surface area contributed by atoms with E-state index in [2.05, 4.69) is 10.6 Å². The van der Waals surface area contributed by atoms with Crippen LogP contribution >= 0.6 is 0 Å². The largest absolute Gasteiger partial charge is 0.327 e. The van der Waals surface area contributed by atoms with Gasteiger partial charge in [-0.1, -0.05) is 97.1 Å². The maximum absolute atomic E-state index is 14.6. The van der Waals surface area contributed by atoms with Gasteiger partial charge in [-0.05, 0) is 23.3 Å². The van der Waals surface area contributed by atoms with Crippen LogP contribution in [0.15, 0.2) is 109 Å². The van der Waals surface area contributed by atoms with Crippen molar-refractivity contribution in [1.82, 2.24) is 10.6 Å². The quantitative estimate of drug-likeness (QED) is 0.380. The molecule has 4 aromatic rings. The summed E-state index contributed by atoms with van der Waals surface area (Å²) < 4.78 is 29.2. The van der Waals surface area contributed by atoms with Gasteiger partial charge in [0.1, 0.15) is 11.6 Å². The van der Waals surface area contributed by atoms with Crippen molar-refractivity contribution in [3.63, 3.8) is 0 Å². The van der Waals surface area contributed by atoms with E-state index in [0.29, 0.717) is 11.1 Å². The van der Waals surface area contributed by atoms with Crippen molar-refractivity contribution in [2.75, 3.05) is 0 Å². The third-order valence-electron chi connectivity index (χ3n) is 5.25. The summed E-state index contributed by atoms with van der Waals surface area (Å²) in [6, 6.07) is 29.0. The normalized spacial score (nSPS) is 12.6. The predicted molar refractivity (Wildman–Crippen MR) is 121 cm³/mol. The second-order valence-electron chi connectivity index (χ2n) is 7.35. The first kappa shape index (κ1) is 21.2. The maximum Gasteiger partial charge on any atom is 0.316 e. The Hall–Kier alpha value is -3.99. The van der Waals surface area contributed by atoms with Crippen LogP contribution < -0.4 is 10.6 Å². The van der Waals surface area contributed by atoms with E-state index in [-0.39, 0.29) is 0 Å². The first-order chi connectivity index (χ1) is 15.6. The van der Waals surface area contributed by atoms with E-state index in [1.807, 2.05) is 60.7 Å². The van der Waals surface area contributed by atoms with Crippen LogP contribution in [-0.2, 0) is 0 Å². The van der Waals surface area contributed by atoms with Crippen molar-refractivity contribution >= 4 is 6.03 Å². The minimum Gasteiger partial charge on any atom is -0.327 e. The molecule has 4 rings (SSSR count). The molecular weight excluding hydrogens is 406 g/mol. The molecule has 0 saturated carbocycles. The van der Waals surface area contributed by atoms with E-state index in [4.69, 9.17) is 0 Å². The molecule has 2 N–H and O–H groups in total. The number of carbonyl (C=O) groups is 1. The summed E-state index contributed by atoms with van der Waals surface area (Å²) in [6.07, 6.45) is 0. The number of urea groups is 1. The summed E-state index contributed by atoms with van der Waals surface area (Å²) in [5, 5.41) is 5.73. The third-order valence-corrected chi connectivity index (χ3v) is 5.25. The first-order valence-corrected chi connectivity index (χ1v) is 10.3. The molecule has 0 fully saturated rings. The molecule has 0 aliphatic carbocycles. The van der Waals surface area contributed by atoms with Crippen LogP contribution in [0.2, 0.25) is 0 Å². The summed E-state index contributed by atoms with van der Waals surface area (Å²) in [5.74, 6) is -0.842. The molecular formula is C27H22F2N2O. The topological polar surface area (TPSA) is 41.1 Å². The van der Waals surface area contributed by atoms with Crippen molar-refractivity contribution in [3.8, 4) is 0 Å². The lowest BCUT2D eigenvalue weighted by atomic mass is 9.97. The Kier molecular flexibility index (Phi) is 6.56. The van der Waals surface area contributed by atoms with E-state index in [1.165, 1.54) is 12.1 Å². The lowest BCUT2D eigenvalue weighted by Gasteiger charge is -2.24. The molecule has 0 unspecified atom stereocenters. The molecule has 4 aromatic carbocycles. The Labute approximate surface area is 185 Å². The van der Waals surface area contributed by atoms with Crippen molar-refractivity contribution < 1.29 is 13.6 Å². The van der Waals surface area contributed by atoms with Crippen LogP contribution in [-0.4, -0.2) is 6.03 Å². The summed E-state index contributed by atoms with van der Waals surface area (Å²) in [7, 11) is 0. The molecule has 0 radical (unpaired) electrons. The molecule has 0 aliphatic heterocycles. The molecule has 3 nitrogen and oxygen atoms in total. The van der Waals surface area contributed by atoms with Gasteiger partial charge in [0.15, 0.2) is 0 Å². The fourth-order valence-electron chi connectivity index (χ4n) is 3.69. The molecule has 32 heavy (non-hydrogen) atoms. The van der Waals surface area contributed by atoms with Crippen molar-refractivity contribution in [3.05, 3.63) is 143 Å². The van der Waals surface area contributed by atoms with Crippen LogP contribution in [0.4, 0.5) is 13.6 Å². The SMILES string of the molecule is O=C(N[C@H](c1ccccc1)c1ccccc1F)N[C@@H](c1ccccc1)c1ccccc1F. The number of nitrogens with one attached hydrogen (secondary N) is 2. The Bertz CT molecular complexity index is 1090. The molecule has 0 bridgehead atoms. The van der Waals surface area contributed by atoms with Crippen LogP contribution in [0.1, 0.15) is 34.3 Å². The number of hydrogen-bond acceptors (Lipinski definition) is 1. The molecule has 2 amide bonds. The summed E-state index contributed by atoms with van der Waals surface area (Å²) in [6.45, 7) is 0. The zero-order chi connectivity index (χ0) is 22.3. The summed E-state index contributed by atoms with van der Waals surface area (Å²) in [4.78, 5) is 13.1. The van der Waals surface area contributed by atoms with E-state index in [1.54, 1.807) is 36.4 Å². The van der Waals surface area contributed by atoms with E-state index < -0.39 is 29.7 Å². The van der Waals surface area contributed by atoms with Gasteiger partial charge in [0.25, 0.3) is 0 Å². The minimum absolute atomic E-state index is 0.344. The number of carbonyl (C=O) groups excluding carboxylic acids is 1. The van der Waals surface area contributed by atoms with Gasteiger partial charge in [0.2, 0.25) is 0 Å². The second kappa shape index (κ2) is 9.88. The predicted octanol–water partition coefficient (Wildman–Crippen LogP) is 6.14. The van der Waals surface area contributed by atoms with Crippen LogP contribution in [0.25, 0.3) is 0 Å². The van der Waals surface area contributed by atoms with Gasteiger partial charge < -0.3 is 10.6 Å². The lowest BCUT2D eigenvalue weighted by Crippen LogP contribution is -2.41. The fraction of sp³-hybridized carbons (Fsp3) is 0.0741.